The molecule has 4 heterocycles. The highest BCUT2D eigenvalue weighted by Gasteiger charge is 2.27. The van der Waals surface area contributed by atoms with Gasteiger partial charge in [0.1, 0.15) is 5.82 Å². The highest BCUT2D eigenvalue weighted by atomic mass is 32.2. The van der Waals surface area contributed by atoms with Gasteiger partial charge in [0.05, 0.1) is 23.0 Å². The van der Waals surface area contributed by atoms with E-state index < -0.39 is 10.0 Å². The molecule has 0 saturated carbocycles. The number of sulfonamides is 1. The van der Waals surface area contributed by atoms with Gasteiger partial charge in [-0.15, -0.1) is 0 Å². The molecule has 1 amide bonds. The number of aromatic nitrogens is 4. The monoisotopic (exact) mass is 529 g/mol. The van der Waals surface area contributed by atoms with Crippen LogP contribution in [0.3, 0.4) is 0 Å². The van der Waals surface area contributed by atoms with Crippen LogP contribution in [-0.4, -0.2) is 77.4 Å². The molecule has 2 fully saturated rings. The number of benzene rings is 1. The number of anilines is 1. The van der Waals surface area contributed by atoms with Crippen LogP contribution in [0.15, 0.2) is 40.5 Å². The second kappa shape index (κ2) is 10.7. The lowest BCUT2D eigenvalue weighted by Crippen LogP contribution is -2.30. The first kappa shape index (κ1) is 25.0. The van der Waals surface area contributed by atoms with E-state index in [1.165, 1.54) is 34.6 Å². The van der Waals surface area contributed by atoms with Gasteiger partial charge < -0.3 is 10.2 Å². The lowest BCUT2D eigenvalue weighted by atomic mass is 10.1. The fourth-order valence-corrected chi connectivity index (χ4v) is 6.63. The lowest BCUT2D eigenvalue weighted by Gasteiger charge is -2.28. The molecule has 2 aromatic heterocycles. The third-order valence-corrected chi connectivity index (χ3v) is 9.18. The van der Waals surface area contributed by atoms with Crippen LogP contribution in [0, 0.1) is 0 Å². The molecule has 10 nitrogen and oxygen atoms in total. The van der Waals surface area contributed by atoms with E-state index >= 15 is 0 Å². The molecule has 0 bridgehead atoms. The average Bonchev–Trinajstić information content (AvgIpc) is 3.60. The van der Waals surface area contributed by atoms with E-state index in [0.29, 0.717) is 36.9 Å². The zero-order valence-electron chi connectivity index (χ0n) is 20.4. The number of carbonyl (C=O) groups is 1. The van der Waals surface area contributed by atoms with Gasteiger partial charge in [0.25, 0.3) is 5.91 Å². The quantitative estimate of drug-likeness (QED) is 0.350. The molecule has 2 saturated heterocycles. The summed E-state index contributed by atoms with van der Waals surface area (Å²) in [6, 6.07) is 6.13. The molecule has 5 rings (SSSR count). The number of fused-ring (bicyclic) bond motifs is 1. The molecule has 2 aliphatic heterocycles. The predicted octanol–water partition coefficient (Wildman–Crippen LogP) is 2.75. The fraction of sp³-hybridized carbons (Fsp3) is 0.500. The summed E-state index contributed by atoms with van der Waals surface area (Å²) in [5, 5.41) is 9.06. The molecule has 12 heteroatoms. The van der Waals surface area contributed by atoms with Crippen molar-refractivity contribution in [3.8, 4) is 0 Å². The Hall–Kier alpha value is -2.70. The Labute approximate surface area is 215 Å². The Kier molecular flexibility index (Phi) is 7.44. The van der Waals surface area contributed by atoms with Crippen LogP contribution in [-0.2, 0) is 16.6 Å². The van der Waals surface area contributed by atoms with E-state index in [4.69, 9.17) is 4.98 Å². The van der Waals surface area contributed by atoms with Gasteiger partial charge in [0.15, 0.2) is 10.8 Å². The zero-order chi connectivity index (χ0) is 25.1. The molecule has 0 atom stereocenters. The van der Waals surface area contributed by atoms with Crippen molar-refractivity contribution in [2.24, 2.45) is 0 Å². The van der Waals surface area contributed by atoms with Gasteiger partial charge >= 0.3 is 0 Å². The normalized spacial score (nSPS) is 17.1. The molecule has 1 aromatic carbocycles. The highest BCUT2D eigenvalue weighted by molar-refractivity contribution is 7.98. The summed E-state index contributed by atoms with van der Waals surface area (Å²) >= 11 is 1.51. The minimum atomic E-state index is -3.49. The van der Waals surface area contributed by atoms with Gasteiger partial charge in [-0.05, 0) is 62.6 Å². The molecule has 0 radical (unpaired) electrons. The zero-order valence-corrected chi connectivity index (χ0v) is 22.0. The molecule has 3 aromatic rings. The van der Waals surface area contributed by atoms with E-state index in [9.17, 15) is 13.2 Å². The Balaban J connectivity index is 1.25. The summed E-state index contributed by atoms with van der Waals surface area (Å²) in [4.78, 5) is 24.7. The molecule has 36 heavy (non-hydrogen) atoms. The van der Waals surface area contributed by atoms with Gasteiger partial charge in [0, 0.05) is 38.3 Å². The van der Waals surface area contributed by atoms with Crippen molar-refractivity contribution in [3.63, 3.8) is 0 Å². The number of nitrogens with one attached hydrogen (secondary N) is 1. The number of thioether (sulfide) groups is 1. The first-order chi connectivity index (χ1) is 17.5. The van der Waals surface area contributed by atoms with Gasteiger partial charge in [-0.2, -0.15) is 9.40 Å². The lowest BCUT2D eigenvalue weighted by molar-refractivity contribution is 0.0952. The van der Waals surface area contributed by atoms with Crippen LogP contribution in [0.5, 0.6) is 0 Å². The van der Waals surface area contributed by atoms with Crippen molar-refractivity contribution in [1.82, 2.24) is 29.4 Å². The third-order valence-electron chi connectivity index (χ3n) is 6.72. The highest BCUT2D eigenvalue weighted by Crippen LogP contribution is 2.28. The molecule has 0 aliphatic carbocycles. The second-order valence-corrected chi connectivity index (χ2v) is 11.8. The predicted molar refractivity (Wildman–Crippen MR) is 140 cm³/mol. The van der Waals surface area contributed by atoms with Crippen molar-refractivity contribution in [1.29, 1.82) is 0 Å². The maximum absolute atomic E-state index is 12.7. The molecule has 1 N–H and O–H groups in total. The number of amides is 1. The molecule has 0 unspecified atom stereocenters. The second-order valence-electron chi connectivity index (χ2n) is 9.08. The SMILES string of the molecule is CSc1nc(N2CCCCC2)c2cnn(CCNC(=O)c3ccc(S(=O)(=O)N4CCCC4)cc3)c2n1. The molecule has 2 aliphatic rings. The minimum absolute atomic E-state index is 0.220. The number of hydrogen-bond acceptors (Lipinski definition) is 8. The largest absolute Gasteiger partial charge is 0.356 e. The number of carbonyl (C=O) groups excluding carboxylic acids is 1. The number of piperidine rings is 1. The van der Waals surface area contributed by atoms with Gasteiger partial charge in [-0.25, -0.2) is 23.1 Å². The summed E-state index contributed by atoms with van der Waals surface area (Å²) in [6.45, 7) is 3.89. The Morgan fingerprint density at radius 1 is 1.00 bits per heavy atom. The van der Waals surface area contributed by atoms with Crippen LogP contribution >= 0.6 is 11.8 Å². The van der Waals surface area contributed by atoms with E-state index in [0.717, 1.165) is 55.6 Å². The summed E-state index contributed by atoms with van der Waals surface area (Å²) < 4.78 is 28.7. The van der Waals surface area contributed by atoms with Crippen LogP contribution in [0.25, 0.3) is 11.0 Å². The van der Waals surface area contributed by atoms with Crippen molar-refractivity contribution in [3.05, 3.63) is 36.0 Å². The van der Waals surface area contributed by atoms with E-state index in [1.807, 2.05) is 12.5 Å². The first-order valence-electron chi connectivity index (χ1n) is 12.4. The van der Waals surface area contributed by atoms with E-state index in [2.05, 4.69) is 20.3 Å². The minimum Gasteiger partial charge on any atom is -0.356 e. The van der Waals surface area contributed by atoms with Gasteiger partial charge in [-0.3, -0.25) is 4.79 Å². The first-order valence-corrected chi connectivity index (χ1v) is 15.0. The number of hydrogen-bond donors (Lipinski definition) is 1. The Morgan fingerprint density at radius 2 is 1.69 bits per heavy atom. The van der Waals surface area contributed by atoms with Crippen molar-refractivity contribution >= 4 is 44.5 Å². The van der Waals surface area contributed by atoms with Crippen LogP contribution in [0.2, 0.25) is 0 Å². The number of nitrogens with zero attached hydrogens (tertiary/aromatic N) is 6. The van der Waals surface area contributed by atoms with Crippen molar-refractivity contribution < 1.29 is 13.2 Å². The van der Waals surface area contributed by atoms with Crippen molar-refractivity contribution in [2.45, 2.75) is 48.7 Å². The molecular formula is C24H31N7O3S2. The number of rotatable bonds is 8. The third kappa shape index (κ3) is 5.07. The summed E-state index contributed by atoms with van der Waals surface area (Å²) in [6.07, 6.45) is 9.10. The summed E-state index contributed by atoms with van der Waals surface area (Å²) in [5.41, 5.74) is 1.18. The van der Waals surface area contributed by atoms with Gasteiger partial charge in [-0.1, -0.05) is 11.8 Å². The van der Waals surface area contributed by atoms with Crippen LogP contribution in [0.4, 0.5) is 5.82 Å². The average molecular weight is 530 g/mol. The summed E-state index contributed by atoms with van der Waals surface area (Å²) in [7, 11) is -3.49. The maximum Gasteiger partial charge on any atom is 0.251 e. The molecule has 0 spiro atoms. The van der Waals surface area contributed by atoms with Crippen LogP contribution < -0.4 is 10.2 Å². The maximum atomic E-state index is 12.7. The Bertz CT molecular complexity index is 1330. The standard InChI is InChI=1S/C24H31N7O3S2/c1-35-24-27-21(29-12-3-2-4-13-29)20-17-26-31(22(20)28-24)16-11-25-23(32)18-7-9-19(10-8-18)36(33,34)30-14-5-6-15-30/h7-10,17H,2-6,11-16H2,1H3,(H,25,32). The fourth-order valence-electron chi connectivity index (χ4n) is 4.76. The molecule has 192 valence electrons. The van der Waals surface area contributed by atoms with E-state index in [1.54, 1.807) is 16.8 Å². The Morgan fingerprint density at radius 3 is 2.39 bits per heavy atom. The summed E-state index contributed by atoms with van der Waals surface area (Å²) in [5.74, 6) is 0.674. The van der Waals surface area contributed by atoms with E-state index in [-0.39, 0.29) is 10.8 Å². The smallest absolute Gasteiger partial charge is 0.251 e. The topological polar surface area (TPSA) is 113 Å². The van der Waals surface area contributed by atoms with Gasteiger partial charge in [0.2, 0.25) is 10.0 Å². The molecular weight excluding hydrogens is 498 g/mol. The van der Waals surface area contributed by atoms with Crippen molar-refractivity contribution in [2.75, 3.05) is 43.9 Å². The van der Waals surface area contributed by atoms with Crippen LogP contribution in [0.1, 0.15) is 42.5 Å².